The molecular weight excluding hydrogens is 407 g/mol. The second-order valence-electron chi connectivity index (χ2n) is 9.09. The van der Waals surface area contributed by atoms with Crippen LogP contribution in [-0.4, -0.2) is 0 Å². The lowest BCUT2D eigenvalue weighted by Crippen LogP contribution is -2.10. The third-order valence-electron chi connectivity index (χ3n) is 6.05. The van der Waals surface area contributed by atoms with E-state index in [0.29, 0.717) is 5.56 Å². The first-order valence-corrected chi connectivity index (χ1v) is 11.2. The predicted octanol–water partition coefficient (Wildman–Crippen LogP) is 8.46. The summed E-state index contributed by atoms with van der Waals surface area (Å²) in [6, 6.07) is 23.9. The minimum absolute atomic E-state index is 0.0666. The second kappa shape index (κ2) is 8.19. The fourth-order valence-electron chi connectivity index (χ4n) is 4.39. The van der Waals surface area contributed by atoms with E-state index in [9.17, 15) is 14.9 Å². The Morgan fingerprint density at radius 3 is 1.36 bits per heavy atom. The Morgan fingerprint density at radius 2 is 1.00 bits per heavy atom. The van der Waals surface area contributed by atoms with Gasteiger partial charge >= 0.3 is 0 Å². The zero-order valence-corrected chi connectivity index (χ0v) is 19.5. The maximum absolute atomic E-state index is 14.2. The molecule has 162 valence electrons. The van der Waals surface area contributed by atoms with E-state index in [-0.39, 0.29) is 16.5 Å². The number of nitrogens with zero attached hydrogens (tertiary/aromatic N) is 2. The van der Waals surface area contributed by atoms with Gasteiger partial charge in [-0.15, -0.1) is 0 Å². The van der Waals surface area contributed by atoms with Crippen LogP contribution < -0.4 is 0 Å². The molecule has 0 unspecified atom stereocenters. The van der Waals surface area contributed by atoms with E-state index in [1.54, 1.807) is 0 Å². The summed E-state index contributed by atoms with van der Waals surface area (Å²) in [7, 11) is 0. The van der Waals surface area contributed by atoms with Crippen LogP contribution in [0.25, 0.3) is 43.4 Å². The monoisotopic (exact) mass is 432 g/mol. The van der Waals surface area contributed by atoms with Crippen LogP contribution in [0.3, 0.4) is 0 Å². The van der Waals surface area contributed by atoms with Crippen molar-refractivity contribution in [3.05, 3.63) is 83.2 Å². The van der Waals surface area contributed by atoms with Crippen LogP contribution in [-0.2, 0) is 5.41 Å². The summed E-state index contributed by atoms with van der Waals surface area (Å²) in [5.74, 6) is -0.763. The molecule has 0 saturated heterocycles. The van der Waals surface area contributed by atoms with Crippen molar-refractivity contribution in [2.24, 2.45) is 0 Å². The summed E-state index contributed by atoms with van der Waals surface area (Å²) < 4.78 is 14.2. The van der Waals surface area contributed by atoms with E-state index >= 15 is 0 Å². The molecule has 0 aliphatic heterocycles. The summed E-state index contributed by atoms with van der Waals surface area (Å²) in [4.78, 5) is 0. The highest BCUT2D eigenvalue weighted by Crippen LogP contribution is 2.39. The first kappa shape index (κ1) is 22.3. The van der Waals surface area contributed by atoms with Crippen LogP contribution in [0.1, 0.15) is 51.3 Å². The van der Waals surface area contributed by atoms with Gasteiger partial charge in [0, 0.05) is 0 Å². The fraction of sp³-hybridized carbons (Fsp3) is 0.200. The fourth-order valence-corrected chi connectivity index (χ4v) is 4.39. The van der Waals surface area contributed by atoms with Crippen LogP contribution in [0.15, 0.2) is 60.7 Å². The molecule has 0 N–H and O–H groups in total. The van der Waals surface area contributed by atoms with Gasteiger partial charge in [0.05, 0.1) is 11.1 Å². The van der Waals surface area contributed by atoms with E-state index in [0.717, 1.165) is 16.3 Å². The molecule has 0 radical (unpaired) electrons. The SMILES string of the molecule is CC.CC(C)(C)c1cc2ccc3cc(-c4cc(C#N)c(F)c(C#N)c4)cc4ccc(c1)c2c34. The topological polar surface area (TPSA) is 47.6 Å². The van der Waals surface area contributed by atoms with Gasteiger partial charge in [0.2, 0.25) is 0 Å². The Kier molecular flexibility index (Phi) is 5.52. The highest BCUT2D eigenvalue weighted by atomic mass is 19.1. The number of rotatable bonds is 1. The van der Waals surface area contributed by atoms with Gasteiger partial charge in [-0.2, -0.15) is 10.5 Å². The van der Waals surface area contributed by atoms with Crippen molar-refractivity contribution in [1.82, 2.24) is 0 Å². The molecule has 0 fully saturated rings. The summed E-state index contributed by atoms with van der Waals surface area (Å²) in [6.45, 7) is 10.7. The maximum atomic E-state index is 14.2. The smallest absolute Gasteiger partial charge is 0.158 e. The molecule has 33 heavy (non-hydrogen) atoms. The summed E-state index contributed by atoms with van der Waals surface area (Å²) in [5.41, 5.74) is 2.65. The largest absolute Gasteiger partial charge is 0.204 e. The molecule has 5 aromatic carbocycles. The molecule has 5 aromatic rings. The van der Waals surface area contributed by atoms with Gasteiger partial charge in [0.25, 0.3) is 0 Å². The van der Waals surface area contributed by atoms with Crippen LogP contribution in [0.4, 0.5) is 4.39 Å². The van der Waals surface area contributed by atoms with Crippen LogP contribution in [0.5, 0.6) is 0 Å². The van der Waals surface area contributed by atoms with Gasteiger partial charge < -0.3 is 0 Å². The molecule has 0 heterocycles. The lowest BCUT2D eigenvalue weighted by atomic mass is 9.83. The molecule has 0 amide bonds. The molecular formula is C30H25FN2. The predicted molar refractivity (Wildman–Crippen MR) is 135 cm³/mol. The van der Waals surface area contributed by atoms with Crippen molar-refractivity contribution in [2.45, 2.75) is 40.0 Å². The Morgan fingerprint density at radius 1 is 0.636 bits per heavy atom. The van der Waals surface area contributed by atoms with Crippen molar-refractivity contribution in [3.8, 4) is 23.3 Å². The lowest BCUT2D eigenvalue weighted by molar-refractivity contribution is 0.591. The zero-order chi connectivity index (χ0) is 23.9. The van der Waals surface area contributed by atoms with Gasteiger partial charge in [-0.25, -0.2) is 4.39 Å². The van der Waals surface area contributed by atoms with E-state index in [2.05, 4.69) is 69.3 Å². The first-order chi connectivity index (χ1) is 15.8. The average Bonchev–Trinajstić information content (AvgIpc) is 2.82. The molecule has 0 atom stereocenters. The van der Waals surface area contributed by atoms with E-state index < -0.39 is 5.82 Å². The van der Waals surface area contributed by atoms with E-state index in [1.807, 2.05) is 26.0 Å². The number of benzene rings is 5. The van der Waals surface area contributed by atoms with Crippen LogP contribution >= 0.6 is 0 Å². The molecule has 2 nitrogen and oxygen atoms in total. The Balaban J connectivity index is 0.00000126. The molecule has 0 bridgehead atoms. The van der Waals surface area contributed by atoms with Crippen molar-refractivity contribution in [1.29, 1.82) is 10.5 Å². The first-order valence-electron chi connectivity index (χ1n) is 11.2. The van der Waals surface area contributed by atoms with Gasteiger partial charge in [-0.3, -0.25) is 0 Å². The van der Waals surface area contributed by atoms with Crippen molar-refractivity contribution in [2.75, 3.05) is 0 Å². The lowest BCUT2D eigenvalue weighted by Gasteiger charge is -2.21. The molecule has 5 rings (SSSR count). The molecule has 3 heteroatoms. The normalized spacial score (nSPS) is 11.3. The Bertz CT molecular complexity index is 1490. The van der Waals surface area contributed by atoms with Crippen molar-refractivity contribution < 1.29 is 4.39 Å². The molecule has 0 aromatic heterocycles. The summed E-state index contributed by atoms with van der Waals surface area (Å²) >= 11 is 0. The number of hydrogen-bond donors (Lipinski definition) is 0. The van der Waals surface area contributed by atoms with E-state index in [1.165, 1.54) is 39.2 Å². The second-order valence-corrected chi connectivity index (χ2v) is 9.09. The highest BCUT2D eigenvalue weighted by Gasteiger charge is 2.18. The van der Waals surface area contributed by atoms with Gasteiger partial charge in [-0.05, 0) is 78.7 Å². The summed E-state index contributed by atoms with van der Waals surface area (Å²) in [5, 5.41) is 25.6. The van der Waals surface area contributed by atoms with Crippen LogP contribution in [0, 0.1) is 28.5 Å². The maximum Gasteiger partial charge on any atom is 0.158 e. The number of halogens is 1. The molecule has 0 aliphatic carbocycles. The number of nitriles is 2. The minimum Gasteiger partial charge on any atom is -0.204 e. The van der Waals surface area contributed by atoms with Crippen LogP contribution in [0.2, 0.25) is 0 Å². The number of hydrogen-bond acceptors (Lipinski definition) is 2. The van der Waals surface area contributed by atoms with Gasteiger partial charge in [0.15, 0.2) is 5.82 Å². The quantitative estimate of drug-likeness (QED) is 0.249. The standard InChI is InChI=1S/C28H19FN2.C2H6/c1-28(2,3)24-12-18-6-4-16-8-20(9-17-5-7-19(13-24)26(18)25(16)17)21-10-22(14-30)27(29)23(11-21)15-31;1-2/h4-13H,1-3H3;1-2H3. The molecule has 0 saturated carbocycles. The summed E-state index contributed by atoms with van der Waals surface area (Å²) in [6.07, 6.45) is 0. The van der Waals surface area contributed by atoms with Gasteiger partial charge in [0.1, 0.15) is 12.1 Å². The highest BCUT2D eigenvalue weighted by molar-refractivity contribution is 6.24. The average molecular weight is 433 g/mol. The molecule has 0 spiro atoms. The van der Waals surface area contributed by atoms with E-state index in [4.69, 9.17) is 0 Å². The third kappa shape index (κ3) is 3.67. The van der Waals surface area contributed by atoms with Crippen molar-refractivity contribution in [3.63, 3.8) is 0 Å². The van der Waals surface area contributed by atoms with Gasteiger partial charge in [-0.1, -0.05) is 71.0 Å². The Hall–Kier alpha value is -3.95. The Labute approximate surface area is 193 Å². The van der Waals surface area contributed by atoms with Crippen molar-refractivity contribution >= 4 is 32.3 Å². The minimum atomic E-state index is -0.763. The zero-order valence-electron chi connectivity index (χ0n) is 19.5. The molecule has 0 aliphatic rings. The third-order valence-corrected chi connectivity index (χ3v) is 6.05.